The topological polar surface area (TPSA) is 105 Å². The number of sulfonamides is 1. The van der Waals surface area contributed by atoms with Crippen molar-refractivity contribution in [3.8, 4) is 0 Å². The monoisotopic (exact) mass is 489 g/mol. The maximum Gasteiger partial charge on any atom is 0.307 e. The molecule has 4 rings (SSSR count). The zero-order valence-electron chi connectivity index (χ0n) is 18.1. The summed E-state index contributed by atoms with van der Waals surface area (Å²) >= 11 is 6.28. The number of anilines is 1. The minimum absolute atomic E-state index is 0.00283. The Morgan fingerprint density at radius 1 is 1.18 bits per heavy atom. The number of amidine groups is 1. The van der Waals surface area contributed by atoms with Crippen molar-refractivity contribution in [1.29, 1.82) is 0 Å². The van der Waals surface area contributed by atoms with Crippen molar-refractivity contribution in [2.24, 2.45) is 4.40 Å². The minimum atomic E-state index is -3.92. The highest BCUT2D eigenvalue weighted by Crippen LogP contribution is 2.35. The number of rotatable bonds is 5. The van der Waals surface area contributed by atoms with Gasteiger partial charge in [-0.25, -0.2) is 0 Å². The molecule has 1 atom stereocenters. The normalized spacial score (nSPS) is 17.6. The van der Waals surface area contributed by atoms with Gasteiger partial charge in [0.05, 0.1) is 25.3 Å². The lowest BCUT2D eigenvalue weighted by Crippen LogP contribution is -2.36. The van der Waals surface area contributed by atoms with Crippen LogP contribution in [0.3, 0.4) is 0 Å². The summed E-state index contributed by atoms with van der Waals surface area (Å²) < 4.78 is 34.5. The first kappa shape index (κ1) is 23.3. The van der Waals surface area contributed by atoms with Crippen molar-refractivity contribution in [2.75, 3.05) is 18.6 Å². The second-order valence-electron chi connectivity index (χ2n) is 7.96. The number of nitrogens with zero attached hydrogens (tertiary/aromatic N) is 2. The van der Waals surface area contributed by atoms with Crippen molar-refractivity contribution in [3.63, 3.8) is 0 Å². The Morgan fingerprint density at radius 2 is 1.97 bits per heavy atom. The Balaban J connectivity index is 1.65. The highest BCUT2D eigenvalue weighted by Gasteiger charge is 2.32. The van der Waals surface area contributed by atoms with Gasteiger partial charge in [-0.3, -0.25) is 9.59 Å². The Morgan fingerprint density at radius 3 is 2.73 bits per heavy atom. The molecule has 0 aliphatic carbocycles. The fourth-order valence-electron chi connectivity index (χ4n) is 4.11. The SMILES string of the molecule is COC(=O)C[C@@H](NC(=O)c1ccc2c(c1)S(=O)(=O)N=C1CCCCCN12)c1ccccc1Cl. The molecule has 1 saturated heterocycles. The van der Waals surface area contributed by atoms with Gasteiger partial charge in [-0.1, -0.05) is 36.2 Å². The van der Waals surface area contributed by atoms with Gasteiger partial charge in [0.25, 0.3) is 15.9 Å². The van der Waals surface area contributed by atoms with Gasteiger partial charge in [-0.2, -0.15) is 8.42 Å². The van der Waals surface area contributed by atoms with Crippen LogP contribution in [0.1, 0.15) is 54.1 Å². The largest absolute Gasteiger partial charge is 0.469 e. The van der Waals surface area contributed by atoms with E-state index in [-0.39, 0.29) is 16.9 Å². The highest BCUT2D eigenvalue weighted by molar-refractivity contribution is 7.90. The number of hydrogen-bond acceptors (Lipinski definition) is 6. The summed E-state index contributed by atoms with van der Waals surface area (Å²) in [5.74, 6) is -0.502. The standard InChI is InChI=1S/C23H24ClN3O5S/c1-32-22(28)14-18(16-7-4-5-8-17(16)24)25-23(29)15-10-11-19-20(13-15)33(30,31)26-21-9-3-2-6-12-27(19)21/h4-5,7-8,10-11,13,18H,2-3,6,9,12,14H2,1H3,(H,25,29)/t18-/m1/s1. The van der Waals surface area contributed by atoms with E-state index in [0.717, 1.165) is 19.3 Å². The van der Waals surface area contributed by atoms with E-state index in [1.165, 1.54) is 13.2 Å². The molecule has 8 nitrogen and oxygen atoms in total. The predicted molar refractivity (Wildman–Crippen MR) is 125 cm³/mol. The molecule has 2 aromatic carbocycles. The molecular weight excluding hydrogens is 466 g/mol. The maximum absolute atomic E-state index is 13.1. The summed E-state index contributed by atoms with van der Waals surface area (Å²) in [4.78, 5) is 27.0. The van der Waals surface area contributed by atoms with Gasteiger partial charge in [0.15, 0.2) is 0 Å². The van der Waals surface area contributed by atoms with Gasteiger partial charge in [-0.15, -0.1) is 4.40 Å². The second-order valence-corrected chi connectivity index (χ2v) is 9.93. The number of fused-ring (bicyclic) bond motifs is 3. The summed E-state index contributed by atoms with van der Waals surface area (Å²) in [6.45, 7) is 0.681. The van der Waals surface area contributed by atoms with E-state index in [0.29, 0.717) is 35.1 Å². The van der Waals surface area contributed by atoms with Crippen LogP contribution >= 0.6 is 11.6 Å². The Labute approximate surface area is 197 Å². The zero-order valence-corrected chi connectivity index (χ0v) is 19.7. The first-order chi connectivity index (χ1) is 15.8. The summed E-state index contributed by atoms with van der Waals surface area (Å²) in [6, 6.07) is 10.7. The van der Waals surface area contributed by atoms with Gasteiger partial charge < -0.3 is 15.0 Å². The number of benzene rings is 2. The minimum Gasteiger partial charge on any atom is -0.469 e. The summed E-state index contributed by atoms with van der Waals surface area (Å²) in [6.07, 6.45) is 3.32. The fraction of sp³-hybridized carbons (Fsp3) is 0.348. The van der Waals surface area contributed by atoms with Crippen LogP contribution in [-0.4, -0.2) is 39.8 Å². The Hall–Kier alpha value is -2.91. The molecule has 10 heteroatoms. The third-order valence-corrected chi connectivity index (χ3v) is 7.47. The van der Waals surface area contributed by atoms with Crippen molar-refractivity contribution in [1.82, 2.24) is 5.32 Å². The number of ether oxygens (including phenoxy) is 1. The number of methoxy groups -OCH3 is 1. The molecule has 33 heavy (non-hydrogen) atoms. The molecule has 1 fully saturated rings. The molecule has 174 valence electrons. The molecule has 0 bridgehead atoms. The van der Waals surface area contributed by atoms with E-state index in [1.54, 1.807) is 36.4 Å². The van der Waals surface area contributed by atoms with Crippen molar-refractivity contribution in [3.05, 3.63) is 58.6 Å². The van der Waals surface area contributed by atoms with Crippen molar-refractivity contribution in [2.45, 2.75) is 43.0 Å². The molecule has 0 unspecified atom stereocenters. The maximum atomic E-state index is 13.1. The Bertz CT molecular complexity index is 1230. The van der Waals surface area contributed by atoms with E-state index >= 15 is 0 Å². The Kier molecular flexibility index (Phi) is 6.71. The molecule has 2 heterocycles. The van der Waals surface area contributed by atoms with Gasteiger partial charge >= 0.3 is 5.97 Å². The van der Waals surface area contributed by atoms with Crippen LogP contribution < -0.4 is 10.2 Å². The van der Waals surface area contributed by atoms with Gasteiger partial charge in [0, 0.05) is 23.6 Å². The number of halogens is 1. The number of amides is 1. The number of hydrogen-bond donors (Lipinski definition) is 1. The van der Waals surface area contributed by atoms with E-state index in [4.69, 9.17) is 16.3 Å². The van der Waals surface area contributed by atoms with Crippen LogP contribution in [0, 0.1) is 0 Å². The second kappa shape index (κ2) is 9.52. The molecule has 1 N–H and O–H groups in total. The number of carbonyl (C=O) groups excluding carboxylic acids is 2. The van der Waals surface area contributed by atoms with Gasteiger partial charge in [0.2, 0.25) is 0 Å². The number of nitrogens with one attached hydrogen (secondary N) is 1. The van der Waals surface area contributed by atoms with Crippen LogP contribution in [0.2, 0.25) is 5.02 Å². The molecule has 2 aliphatic heterocycles. The molecule has 1 amide bonds. The van der Waals surface area contributed by atoms with Crippen molar-refractivity contribution < 1.29 is 22.7 Å². The first-order valence-corrected chi connectivity index (χ1v) is 12.5. The molecule has 0 spiro atoms. The van der Waals surface area contributed by atoms with Crippen molar-refractivity contribution >= 4 is 45.0 Å². The van der Waals surface area contributed by atoms with E-state index in [2.05, 4.69) is 9.71 Å². The van der Waals surface area contributed by atoms with Crippen LogP contribution in [0.25, 0.3) is 0 Å². The lowest BCUT2D eigenvalue weighted by atomic mass is 10.0. The zero-order chi connectivity index (χ0) is 23.6. The predicted octanol–water partition coefficient (Wildman–Crippen LogP) is 3.86. The van der Waals surface area contributed by atoms with Gasteiger partial charge in [0.1, 0.15) is 10.7 Å². The molecule has 0 saturated carbocycles. The van der Waals surface area contributed by atoms with E-state index in [1.807, 2.05) is 4.90 Å². The average Bonchev–Trinajstić information content (AvgIpc) is 3.03. The van der Waals surface area contributed by atoms with Crippen LogP contribution in [0.4, 0.5) is 5.69 Å². The first-order valence-electron chi connectivity index (χ1n) is 10.7. The molecule has 2 aliphatic rings. The smallest absolute Gasteiger partial charge is 0.307 e. The molecule has 0 aromatic heterocycles. The van der Waals surface area contributed by atoms with E-state index < -0.39 is 27.9 Å². The summed E-state index contributed by atoms with van der Waals surface area (Å²) in [7, 11) is -2.66. The molecular formula is C23H24ClN3O5S. The van der Waals surface area contributed by atoms with Gasteiger partial charge in [-0.05, 0) is 42.7 Å². The number of esters is 1. The lowest BCUT2D eigenvalue weighted by molar-refractivity contribution is -0.141. The quantitative estimate of drug-likeness (QED) is 0.639. The third-order valence-electron chi connectivity index (χ3n) is 5.79. The van der Waals surface area contributed by atoms with Crippen LogP contribution in [0.15, 0.2) is 51.8 Å². The van der Waals surface area contributed by atoms with Crippen LogP contribution in [0.5, 0.6) is 0 Å². The summed E-state index contributed by atoms with van der Waals surface area (Å²) in [5.41, 5.74) is 1.24. The molecule has 2 aromatic rings. The number of carbonyl (C=O) groups is 2. The van der Waals surface area contributed by atoms with E-state index in [9.17, 15) is 18.0 Å². The third kappa shape index (κ3) is 4.89. The average molecular weight is 490 g/mol. The summed E-state index contributed by atoms with van der Waals surface area (Å²) in [5, 5.41) is 3.18. The molecule has 0 radical (unpaired) electrons. The fourth-order valence-corrected chi connectivity index (χ4v) is 5.66. The lowest BCUT2D eigenvalue weighted by Gasteiger charge is -2.29. The highest BCUT2D eigenvalue weighted by atomic mass is 35.5. The van der Waals surface area contributed by atoms with Crippen LogP contribution in [-0.2, 0) is 19.6 Å².